The number of carbonyl (C=O) groups excluding carboxylic acids is 1. The molecule has 4 rings (SSSR count). The fraction of sp³-hybridized carbons (Fsp3) is 0.450. The van der Waals surface area contributed by atoms with Crippen molar-refractivity contribution in [2.45, 2.75) is 31.3 Å². The molecule has 0 bridgehead atoms. The van der Waals surface area contributed by atoms with Gasteiger partial charge in [0.2, 0.25) is 5.91 Å². The molecule has 1 fully saturated rings. The van der Waals surface area contributed by atoms with Gasteiger partial charge in [0.1, 0.15) is 0 Å². The van der Waals surface area contributed by atoms with Gasteiger partial charge in [-0.05, 0) is 47.5 Å². The number of thiophene rings is 1. The van der Waals surface area contributed by atoms with Gasteiger partial charge in [-0.15, -0.1) is 11.3 Å². The number of ether oxygens (including phenoxy) is 2. The summed E-state index contributed by atoms with van der Waals surface area (Å²) in [7, 11) is 3.36. The molecule has 1 saturated heterocycles. The molecule has 138 valence electrons. The Bertz CT molecular complexity index is 791. The monoisotopic (exact) mass is 372 g/mol. The number of rotatable bonds is 5. The van der Waals surface area contributed by atoms with E-state index < -0.39 is 0 Å². The van der Waals surface area contributed by atoms with Crippen molar-refractivity contribution >= 4 is 17.2 Å². The van der Waals surface area contributed by atoms with Crippen molar-refractivity contribution in [2.24, 2.45) is 0 Å². The summed E-state index contributed by atoms with van der Waals surface area (Å²) in [6.07, 6.45) is 2.54. The number of carbonyl (C=O) groups is 1. The van der Waals surface area contributed by atoms with Gasteiger partial charge in [0.25, 0.3) is 0 Å². The molecule has 1 N–H and O–H groups in total. The molecule has 1 aromatic carbocycles. The normalized spacial score (nSPS) is 22.8. The summed E-state index contributed by atoms with van der Waals surface area (Å²) >= 11 is 1.78. The molecule has 2 aliphatic rings. The van der Waals surface area contributed by atoms with Crippen LogP contribution in [0.2, 0.25) is 0 Å². The quantitative estimate of drug-likeness (QED) is 0.877. The molecular weight excluding hydrogens is 348 g/mol. The summed E-state index contributed by atoms with van der Waals surface area (Å²) in [6.45, 7) is 1.85. The van der Waals surface area contributed by atoms with E-state index in [0.29, 0.717) is 6.42 Å². The first-order valence-electron chi connectivity index (χ1n) is 9.01. The molecule has 5 nitrogen and oxygen atoms in total. The van der Waals surface area contributed by atoms with Crippen molar-refractivity contribution in [1.29, 1.82) is 0 Å². The van der Waals surface area contributed by atoms with Crippen LogP contribution in [0.25, 0.3) is 0 Å². The Balaban J connectivity index is 1.71. The van der Waals surface area contributed by atoms with E-state index in [1.54, 1.807) is 25.6 Å². The van der Waals surface area contributed by atoms with Crippen LogP contribution in [0.1, 0.15) is 34.9 Å². The second-order valence-electron chi connectivity index (χ2n) is 6.87. The molecule has 0 radical (unpaired) electrons. The standard InChI is InChI=1S/C20H24N2O3S/c1-24-16-10-13-7-8-22(12-14-5-6-19(23)21-14)20(18-4-3-9-26-18)15(13)11-17(16)25-2/h3-4,9-11,14,20H,5-8,12H2,1-2H3,(H,21,23)/t14-,20+/m1/s1. The van der Waals surface area contributed by atoms with Gasteiger partial charge in [0, 0.05) is 30.4 Å². The Kier molecular flexibility index (Phi) is 4.87. The molecule has 0 saturated carbocycles. The van der Waals surface area contributed by atoms with Crippen LogP contribution in [0.15, 0.2) is 29.6 Å². The Labute approximate surface area is 157 Å². The summed E-state index contributed by atoms with van der Waals surface area (Å²) in [5.74, 6) is 1.72. The molecule has 0 unspecified atom stereocenters. The third kappa shape index (κ3) is 3.19. The van der Waals surface area contributed by atoms with E-state index in [4.69, 9.17) is 9.47 Å². The van der Waals surface area contributed by atoms with Gasteiger partial charge in [-0.1, -0.05) is 6.07 Å². The maximum Gasteiger partial charge on any atom is 0.220 e. The number of fused-ring (bicyclic) bond motifs is 1. The number of hydrogen-bond acceptors (Lipinski definition) is 5. The van der Waals surface area contributed by atoms with Crippen LogP contribution in [0, 0.1) is 0 Å². The highest BCUT2D eigenvalue weighted by molar-refractivity contribution is 7.10. The minimum atomic E-state index is 0.173. The number of benzene rings is 1. The van der Waals surface area contributed by atoms with Crippen molar-refractivity contribution in [2.75, 3.05) is 27.3 Å². The highest BCUT2D eigenvalue weighted by Crippen LogP contribution is 2.42. The largest absolute Gasteiger partial charge is 0.493 e. The lowest BCUT2D eigenvalue weighted by molar-refractivity contribution is -0.119. The molecule has 1 aromatic heterocycles. The number of nitrogens with one attached hydrogen (secondary N) is 1. The molecule has 2 aliphatic heterocycles. The molecule has 26 heavy (non-hydrogen) atoms. The van der Waals surface area contributed by atoms with Gasteiger partial charge >= 0.3 is 0 Å². The van der Waals surface area contributed by atoms with Gasteiger partial charge in [0.05, 0.1) is 20.3 Å². The number of hydrogen-bond donors (Lipinski definition) is 1. The van der Waals surface area contributed by atoms with Crippen molar-refractivity contribution in [3.63, 3.8) is 0 Å². The molecule has 2 atom stereocenters. The minimum Gasteiger partial charge on any atom is -0.493 e. The van der Waals surface area contributed by atoms with E-state index in [1.165, 1.54) is 16.0 Å². The first kappa shape index (κ1) is 17.4. The average molecular weight is 372 g/mol. The van der Waals surface area contributed by atoms with E-state index in [9.17, 15) is 4.79 Å². The molecule has 3 heterocycles. The maximum atomic E-state index is 11.6. The van der Waals surface area contributed by atoms with Gasteiger partial charge in [-0.3, -0.25) is 9.69 Å². The van der Waals surface area contributed by atoms with Gasteiger partial charge in [0.15, 0.2) is 11.5 Å². The van der Waals surface area contributed by atoms with Crippen molar-refractivity contribution in [1.82, 2.24) is 10.2 Å². The number of nitrogens with zero attached hydrogens (tertiary/aromatic N) is 1. The zero-order valence-corrected chi connectivity index (χ0v) is 16.0. The molecule has 6 heteroatoms. The fourth-order valence-corrected chi connectivity index (χ4v) is 4.95. The van der Waals surface area contributed by atoms with E-state index in [-0.39, 0.29) is 18.0 Å². The second kappa shape index (κ2) is 7.29. The molecule has 0 aliphatic carbocycles. The summed E-state index contributed by atoms with van der Waals surface area (Å²) in [5, 5.41) is 5.23. The van der Waals surface area contributed by atoms with Crippen molar-refractivity contribution in [3.8, 4) is 11.5 Å². The first-order valence-corrected chi connectivity index (χ1v) is 9.89. The lowest BCUT2D eigenvalue weighted by Crippen LogP contribution is -2.43. The molecule has 0 spiro atoms. The van der Waals surface area contributed by atoms with Gasteiger partial charge in [-0.2, -0.15) is 0 Å². The van der Waals surface area contributed by atoms with E-state index in [0.717, 1.165) is 37.4 Å². The highest BCUT2D eigenvalue weighted by atomic mass is 32.1. The van der Waals surface area contributed by atoms with Crippen LogP contribution in [-0.2, 0) is 11.2 Å². The van der Waals surface area contributed by atoms with Gasteiger partial charge < -0.3 is 14.8 Å². The molecule has 2 aromatic rings. The average Bonchev–Trinajstić information content (AvgIpc) is 3.32. The zero-order chi connectivity index (χ0) is 18.1. The summed E-state index contributed by atoms with van der Waals surface area (Å²) in [5.41, 5.74) is 2.59. The van der Waals surface area contributed by atoms with Crippen LogP contribution in [0.5, 0.6) is 11.5 Å². The van der Waals surface area contributed by atoms with Crippen LogP contribution in [0.3, 0.4) is 0 Å². The fourth-order valence-electron chi connectivity index (χ4n) is 4.07. The van der Waals surface area contributed by atoms with Gasteiger partial charge in [-0.25, -0.2) is 0 Å². The predicted octanol–water partition coefficient (Wildman–Crippen LogP) is 2.99. The maximum absolute atomic E-state index is 11.6. The Hall–Kier alpha value is -2.05. The lowest BCUT2D eigenvalue weighted by Gasteiger charge is -2.38. The second-order valence-corrected chi connectivity index (χ2v) is 7.85. The van der Waals surface area contributed by atoms with Crippen molar-refractivity contribution in [3.05, 3.63) is 45.6 Å². The Morgan fingerprint density at radius 3 is 2.69 bits per heavy atom. The minimum absolute atomic E-state index is 0.173. The molecule has 1 amide bonds. The number of amides is 1. The lowest BCUT2D eigenvalue weighted by atomic mass is 9.90. The zero-order valence-electron chi connectivity index (χ0n) is 15.2. The smallest absolute Gasteiger partial charge is 0.220 e. The SMILES string of the molecule is COc1cc2c(cc1OC)[C@@H](c1cccs1)N(C[C@H]1CCC(=O)N1)CC2. The Morgan fingerprint density at radius 2 is 2.04 bits per heavy atom. The van der Waals surface area contributed by atoms with Crippen LogP contribution >= 0.6 is 11.3 Å². The van der Waals surface area contributed by atoms with E-state index in [2.05, 4.69) is 39.9 Å². The third-order valence-corrected chi connectivity index (χ3v) is 6.25. The summed E-state index contributed by atoms with van der Waals surface area (Å²) in [4.78, 5) is 15.4. The van der Waals surface area contributed by atoms with Crippen molar-refractivity contribution < 1.29 is 14.3 Å². The van der Waals surface area contributed by atoms with E-state index >= 15 is 0 Å². The van der Waals surface area contributed by atoms with E-state index in [1.807, 2.05) is 0 Å². The predicted molar refractivity (Wildman–Crippen MR) is 102 cm³/mol. The summed E-state index contributed by atoms with van der Waals surface area (Å²) in [6, 6.07) is 8.97. The third-order valence-electron chi connectivity index (χ3n) is 5.33. The number of methoxy groups -OCH3 is 2. The molecular formula is C20H24N2O3S. The highest BCUT2D eigenvalue weighted by Gasteiger charge is 2.33. The topological polar surface area (TPSA) is 50.8 Å². The Morgan fingerprint density at radius 1 is 1.23 bits per heavy atom. The van der Waals surface area contributed by atoms with Crippen LogP contribution in [-0.4, -0.2) is 44.2 Å². The van der Waals surface area contributed by atoms with Crippen LogP contribution in [0.4, 0.5) is 0 Å². The summed E-state index contributed by atoms with van der Waals surface area (Å²) < 4.78 is 11.0. The van der Waals surface area contributed by atoms with Crippen LogP contribution < -0.4 is 14.8 Å². The first-order chi connectivity index (χ1) is 12.7.